The van der Waals surface area contributed by atoms with Crippen LogP contribution >= 0.6 is 0 Å². The number of amides is 1. The van der Waals surface area contributed by atoms with Crippen LogP contribution in [0.5, 0.6) is 0 Å². The summed E-state index contributed by atoms with van der Waals surface area (Å²) in [5.74, 6) is -1.19. The average molecular weight is 356 g/mol. The van der Waals surface area contributed by atoms with Crippen LogP contribution in [0.4, 0.5) is 5.69 Å². The molecule has 0 saturated carbocycles. The van der Waals surface area contributed by atoms with Crippen molar-refractivity contribution in [2.75, 3.05) is 11.9 Å². The Morgan fingerprint density at radius 2 is 1.58 bits per heavy atom. The van der Waals surface area contributed by atoms with Crippen molar-refractivity contribution in [1.29, 1.82) is 0 Å². The zero-order chi connectivity index (χ0) is 19.3. The van der Waals surface area contributed by atoms with E-state index in [1.54, 1.807) is 45.0 Å². The Hall–Kier alpha value is -3.22. The van der Waals surface area contributed by atoms with E-state index < -0.39 is 18.0 Å². The number of hydrogen-bond acceptors (Lipinski definition) is 5. The summed E-state index contributed by atoms with van der Waals surface area (Å²) < 4.78 is 5.50. The monoisotopic (exact) mass is 356 g/mol. The average Bonchev–Trinajstić information content (AvgIpc) is 2.59. The molecule has 0 aliphatic heterocycles. The molecule has 1 aromatic heterocycles. The first-order valence-electron chi connectivity index (χ1n) is 7.97. The molecule has 0 aliphatic carbocycles. The number of nitrogens with zero attached hydrogens (tertiary/aromatic N) is 1. The highest BCUT2D eigenvalue weighted by atomic mass is 16.5. The summed E-state index contributed by atoms with van der Waals surface area (Å²) in [4.78, 5) is 35.9. The molecule has 2 aromatic rings. The van der Waals surface area contributed by atoms with Gasteiger partial charge in [-0.1, -0.05) is 20.8 Å². The van der Waals surface area contributed by atoms with E-state index in [1.807, 2.05) is 0 Å². The van der Waals surface area contributed by atoms with Crippen LogP contribution in [-0.2, 0) is 9.53 Å². The fraction of sp³-hybridized carbons (Fsp3) is 0.263. The van der Waals surface area contributed by atoms with Gasteiger partial charge in [0.2, 0.25) is 5.91 Å². The lowest BCUT2D eigenvalue weighted by Gasteiger charge is -2.17. The van der Waals surface area contributed by atoms with Crippen LogP contribution in [0.3, 0.4) is 0 Å². The molecule has 2 rings (SSSR count). The number of pyridine rings is 1. The summed E-state index contributed by atoms with van der Waals surface area (Å²) in [5.41, 5.74) is 0.599. The van der Waals surface area contributed by atoms with Gasteiger partial charge in [-0.25, -0.2) is 4.79 Å². The molecule has 0 unspecified atom stereocenters. The Bertz CT molecular complexity index is 805. The van der Waals surface area contributed by atoms with Gasteiger partial charge in [-0.05, 0) is 24.3 Å². The van der Waals surface area contributed by atoms with E-state index in [9.17, 15) is 19.6 Å². The second-order valence-corrected chi connectivity index (χ2v) is 6.73. The lowest BCUT2D eigenvalue weighted by atomic mass is 9.95. The van der Waals surface area contributed by atoms with Gasteiger partial charge in [-0.3, -0.25) is 9.59 Å². The Balaban J connectivity index is 1.92. The third-order valence-corrected chi connectivity index (χ3v) is 3.52. The number of Topliss-reactive ketones (excluding diaryl/α,β-unsaturated/α-hetero) is 1. The molecular formula is C19H20N2O5. The molecule has 0 bridgehead atoms. The van der Waals surface area contributed by atoms with E-state index in [0.29, 0.717) is 16.0 Å². The summed E-state index contributed by atoms with van der Waals surface area (Å²) >= 11 is 0. The number of aromatic nitrogens is 1. The first-order valence-corrected chi connectivity index (χ1v) is 7.97. The molecule has 0 spiro atoms. The minimum absolute atomic E-state index is 0.132. The Kier molecular flexibility index (Phi) is 5.71. The van der Waals surface area contributed by atoms with Crippen molar-refractivity contribution in [3.8, 4) is 0 Å². The Morgan fingerprint density at radius 3 is 2.12 bits per heavy atom. The third-order valence-electron chi connectivity index (χ3n) is 3.52. The number of ketones is 1. The number of hydrogen-bond donors (Lipinski definition) is 1. The van der Waals surface area contributed by atoms with Crippen LogP contribution < -0.4 is 10.0 Å². The molecule has 0 aliphatic rings. The fourth-order valence-corrected chi connectivity index (χ4v) is 1.90. The zero-order valence-corrected chi connectivity index (χ0v) is 14.8. The van der Waals surface area contributed by atoms with Gasteiger partial charge in [0.1, 0.15) is 0 Å². The molecule has 0 saturated heterocycles. The summed E-state index contributed by atoms with van der Waals surface area (Å²) in [7, 11) is 0. The summed E-state index contributed by atoms with van der Waals surface area (Å²) in [5, 5.41) is 13.7. The van der Waals surface area contributed by atoms with Crippen LogP contribution in [0.25, 0.3) is 0 Å². The molecule has 136 valence electrons. The molecule has 0 fully saturated rings. The number of esters is 1. The summed E-state index contributed by atoms with van der Waals surface area (Å²) in [6.07, 6.45) is 2.34. The summed E-state index contributed by atoms with van der Waals surface area (Å²) in [6, 6.07) is 8.96. The van der Waals surface area contributed by atoms with Crippen LogP contribution in [0.15, 0.2) is 48.8 Å². The fourth-order valence-electron chi connectivity index (χ4n) is 1.90. The second kappa shape index (κ2) is 7.77. The van der Waals surface area contributed by atoms with Crippen molar-refractivity contribution in [2.45, 2.75) is 20.8 Å². The standard InChI is InChI=1S/C19H20N2O5/c1-19(2,3)18(24)20-15-6-4-13(5-7-15)16(22)12-26-17(23)14-8-10-21(25)11-9-14/h4-11H,12H2,1-3H3,(H,20,24). The molecule has 1 aromatic carbocycles. The van der Waals surface area contributed by atoms with Gasteiger partial charge in [0.05, 0.1) is 5.56 Å². The van der Waals surface area contributed by atoms with Crippen molar-refractivity contribution >= 4 is 23.3 Å². The third kappa shape index (κ3) is 5.14. The number of carbonyl (C=O) groups excluding carboxylic acids is 3. The normalized spacial score (nSPS) is 10.9. The van der Waals surface area contributed by atoms with E-state index in [0.717, 1.165) is 0 Å². The Morgan fingerprint density at radius 1 is 1.00 bits per heavy atom. The van der Waals surface area contributed by atoms with Crippen molar-refractivity contribution < 1.29 is 23.9 Å². The molecule has 1 N–H and O–H groups in total. The van der Waals surface area contributed by atoms with Crippen molar-refractivity contribution in [2.24, 2.45) is 5.41 Å². The Labute approximate surface area is 151 Å². The minimum atomic E-state index is -0.687. The van der Waals surface area contributed by atoms with E-state index in [2.05, 4.69) is 5.32 Å². The van der Waals surface area contributed by atoms with E-state index >= 15 is 0 Å². The smallest absolute Gasteiger partial charge is 0.339 e. The molecular weight excluding hydrogens is 336 g/mol. The predicted octanol–water partition coefficient (Wildman–Crippen LogP) is 2.34. The molecule has 1 heterocycles. The number of carbonyl (C=O) groups is 3. The summed E-state index contributed by atoms with van der Waals surface area (Å²) in [6.45, 7) is 4.99. The van der Waals surface area contributed by atoms with Gasteiger partial charge in [-0.2, -0.15) is 4.73 Å². The maximum Gasteiger partial charge on any atom is 0.339 e. The lowest BCUT2D eigenvalue weighted by Crippen LogP contribution is -2.27. The number of benzene rings is 1. The van der Waals surface area contributed by atoms with Gasteiger partial charge >= 0.3 is 5.97 Å². The van der Waals surface area contributed by atoms with Crippen LogP contribution in [0.1, 0.15) is 41.5 Å². The van der Waals surface area contributed by atoms with Crippen molar-refractivity contribution in [1.82, 2.24) is 0 Å². The van der Waals surface area contributed by atoms with Gasteiger partial charge in [0.25, 0.3) is 0 Å². The van der Waals surface area contributed by atoms with Gasteiger partial charge < -0.3 is 15.3 Å². The number of nitrogens with one attached hydrogen (secondary N) is 1. The van der Waals surface area contributed by atoms with Crippen LogP contribution in [0.2, 0.25) is 0 Å². The highest BCUT2D eigenvalue weighted by Crippen LogP contribution is 2.18. The first-order chi connectivity index (χ1) is 12.2. The van der Waals surface area contributed by atoms with E-state index in [-0.39, 0.29) is 17.3 Å². The predicted molar refractivity (Wildman–Crippen MR) is 94.5 cm³/mol. The highest BCUT2D eigenvalue weighted by Gasteiger charge is 2.21. The topological polar surface area (TPSA) is 99.4 Å². The maximum absolute atomic E-state index is 12.1. The van der Waals surface area contributed by atoms with Gasteiger partial charge in [-0.15, -0.1) is 0 Å². The van der Waals surface area contributed by atoms with Gasteiger partial charge in [0.15, 0.2) is 24.8 Å². The largest absolute Gasteiger partial charge is 0.619 e. The SMILES string of the molecule is CC(C)(C)C(=O)Nc1ccc(C(=O)COC(=O)c2cc[n+]([O-])cc2)cc1. The molecule has 7 heteroatoms. The molecule has 26 heavy (non-hydrogen) atoms. The molecule has 0 radical (unpaired) electrons. The van der Waals surface area contributed by atoms with E-state index in [4.69, 9.17) is 4.74 Å². The molecule has 7 nitrogen and oxygen atoms in total. The molecule has 0 atom stereocenters. The second-order valence-electron chi connectivity index (χ2n) is 6.73. The van der Waals surface area contributed by atoms with Crippen molar-refractivity contribution in [3.05, 3.63) is 65.1 Å². The van der Waals surface area contributed by atoms with Crippen LogP contribution in [-0.4, -0.2) is 24.3 Å². The van der Waals surface area contributed by atoms with Gasteiger partial charge in [0, 0.05) is 28.8 Å². The van der Waals surface area contributed by atoms with E-state index in [1.165, 1.54) is 24.5 Å². The number of rotatable bonds is 5. The quantitative estimate of drug-likeness (QED) is 0.384. The molecule has 1 amide bonds. The number of anilines is 1. The maximum atomic E-state index is 12.1. The zero-order valence-electron chi connectivity index (χ0n) is 14.8. The van der Waals surface area contributed by atoms with Crippen molar-refractivity contribution in [3.63, 3.8) is 0 Å². The minimum Gasteiger partial charge on any atom is -0.619 e. The van der Waals surface area contributed by atoms with Crippen LogP contribution in [0, 0.1) is 10.6 Å². The highest BCUT2D eigenvalue weighted by molar-refractivity contribution is 6.00. The first kappa shape index (κ1) is 19.1. The number of ether oxygens (including phenoxy) is 1. The lowest BCUT2D eigenvalue weighted by molar-refractivity contribution is -0.605.